The highest BCUT2D eigenvalue weighted by atomic mass is 16.1. The van der Waals surface area contributed by atoms with Crippen LogP contribution < -0.4 is 5.73 Å². The van der Waals surface area contributed by atoms with Crippen molar-refractivity contribution < 1.29 is 4.79 Å². The molecule has 1 unspecified atom stereocenters. The largest absolute Gasteiger partial charge is 0.369 e. The van der Waals surface area contributed by atoms with E-state index in [0.717, 1.165) is 22.5 Å². The fraction of sp³-hybridized carbons (Fsp3) is 0.125. The lowest BCUT2D eigenvalue weighted by Crippen LogP contribution is -2.18. The lowest BCUT2D eigenvalue weighted by Gasteiger charge is -2.07. The van der Waals surface area contributed by atoms with E-state index in [1.807, 2.05) is 66.2 Å². The van der Waals surface area contributed by atoms with E-state index >= 15 is 0 Å². The highest BCUT2D eigenvalue weighted by Crippen LogP contribution is 2.22. The lowest BCUT2D eigenvalue weighted by atomic mass is 9.99. The molecule has 20 heavy (non-hydrogen) atoms. The number of imidazole rings is 1. The Morgan fingerprint density at radius 3 is 2.60 bits per heavy atom. The van der Waals surface area contributed by atoms with Crippen molar-refractivity contribution in [2.45, 2.75) is 12.8 Å². The molecule has 1 atom stereocenters. The van der Waals surface area contributed by atoms with Crippen molar-refractivity contribution in [3.63, 3.8) is 0 Å². The predicted octanol–water partition coefficient (Wildman–Crippen LogP) is 2.59. The topological polar surface area (TPSA) is 60.4 Å². The van der Waals surface area contributed by atoms with Crippen LogP contribution in [0.2, 0.25) is 0 Å². The van der Waals surface area contributed by atoms with E-state index in [1.54, 1.807) is 0 Å². The van der Waals surface area contributed by atoms with E-state index in [-0.39, 0.29) is 11.8 Å². The van der Waals surface area contributed by atoms with E-state index in [1.165, 1.54) is 0 Å². The third-order valence-electron chi connectivity index (χ3n) is 3.50. The van der Waals surface area contributed by atoms with Crippen LogP contribution in [0, 0.1) is 0 Å². The van der Waals surface area contributed by atoms with Gasteiger partial charge in [0.2, 0.25) is 5.91 Å². The minimum atomic E-state index is -0.314. The zero-order valence-corrected chi connectivity index (χ0v) is 11.2. The summed E-state index contributed by atoms with van der Waals surface area (Å²) in [5, 5.41) is 0. The number of nitrogens with two attached hydrogens (primary N) is 1. The maximum Gasteiger partial charge on any atom is 0.224 e. The van der Waals surface area contributed by atoms with E-state index < -0.39 is 0 Å². The van der Waals surface area contributed by atoms with Crippen molar-refractivity contribution in [1.82, 2.24) is 9.38 Å². The Labute approximate surface area is 116 Å². The van der Waals surface area contributed by atoms with Crippen LogP contribution in [0.1, 0.15) is 18.4 Å². The molecule has 0 aliphatic heterocycles. The number of benzene rings is 1. The van der Waals surface area contributed by atoms with Gasteiger partial charge in [-0.05, 0) is 24.6 Å². The average molecular weight is 265 g/mol. The van der Waals surface area contributed by atoms with Crippen LogP contribution in [0.3, 0.4) is 0 Å². The Morgan fingerprint density at radius 1 is 1.20 bits per heavy atom. The number of nitrogens with zero attached hydrogens (tertiary/aromatic N) is 2. The maximum absolute atomic E-state index is 11.2. The molecule has 0 aliphatic carbocycles. The molecule has 4 nitrogen and oxygen atoms in total. The zero-order valence-electron chi connectivity index (χ0n) is 11.2. The summed E-state index contributed by atoms with van der Waals surface area (Å²) in [6.45, 7) is 1.81. The molecule has 0 aliphatic rings. The van der Waals surface area contributed by atoms with Gasteiger partial charge in [0.1, 0.15) is 5.65 Å². The SMILES string of the molecule is CC(C(N)=O)c1ccc(-c2cn3ccccc3n2)cc1. The molecule has 0 saturated heterocycles. The molecular formula is C16H15N3O. The first-order valence-corrected chi connectivity index (χ1v) is 6.48. The lowest BCUT2D eigenvalue weighted by molar-refractivity contribution is -0.119. The summed E-state index contributed by atoms with van der Waals surface area (Å²) in [5.74, 6) is -0.587. The number of carbonyl (C=O) groups excluding carboxylic acids is 1. The Hall–Kier alpha value is -2.62. The summed E-state index contributed by atoms with van der Waals surface area (Å²) >= 11 is 0. The van der Waals surface area contributed by atoms with Gasteiger partial charge in [0, 0.05) is 18.0 Å². The molecule has 2 N–H and O–H groups in total. The van der Waals surface area contributed by atoms with E-state index in [9.17, 15) is 4.79 Å². The van der Waals surface area contributed by atoms with Crippen molar-refractivity contribution >= 4 is 11.6 Å². The number of pyridine rings is 1. The number of hydrogen-bond acceptors (Lipinski definition) is 2. The predicted molar refractivity (Wildman–Crippen MR) is 78.2 cm³/mol. The molecule has 1 aromatic carbocycles. The molecule has 1 amide bonds. The molecule has 4 heteroatoms. The van der Waals surface area contributed by atoms with Crippen LogP contribution in [0.4, 0.5) is 0 Å². The number of aromatic nitrogens is 2. The molecule has 0 saturated carbocycles. The first kappa shape index (κ1) is 12.4. The van der Waals surface area contributed by atoms with Crippen molar-refractivity contribution in [3.05, 3.63) is 60.4 Å². The normalized spacial score (nSPS) is 12.4. The van der Waals surface area contributed by atoms with Crippen LogP contribution in [0.15, 0.2) is 54.9 Å². The number of hydrogen-bond donors (Lipinski definition) is 1. The molecule has 3 rings (SSSR count). The van der Waals surface area contributed by atoms with Gasteiger partial charge in [-0.15, -0.1) is 0 Å². The van der Waals surface area contributed by atoms with Gasteiger partial charge in [0.15, 0.2) is 0 Å². The second kappa shape index (κ2) is 4.81. The van der Waals surface area contributed by atoms with E-state index in [0.29, 0.717) is 0 Å². The standard InChI is InChI=1S/C16H15N3O/c1-11(16(17)20)12-5-7-13(8-6-12)14-10-19-9-3-2-4-15(19)18-14/h2-11H,1H3,(H2,17,20). The molecule has 100 valence electrons. The van der Waals surface area contributed by atoms with Crippen LogP contribution in [0.25, 0.3) is 16.9 Å². The third-order valence-corrected chi connectivity index (χ3v) is 3.50. The van der Waals surface area contributed by atoms with Crippen molar-refractivity contribution in [2.75, 3.05) is 0 Å². The Balaban J connectivity index is 1.96. The third kappa shape index (κ3) is 2.16. The second-order valence-electron chi connectivity index (χ2n) is 4.84. The van der Waals surface area contributed by atoms with Crippen molar-refractivity contribution in [1.29, 1.82) is 0 Å². The van der Waals surface area contributed by atoms with E-state index in [2.05, 4.69) is 4.98 Å². The monoisotopic (exact) mass is 265 g/mol. The first-order valence-electron chi connectivity index (χ1n) is 6.48. The first-order chi connectivity index (χ1) is 9.65. The molecule has 0 radical (unpaired) electrons. The summed E-state index contributed by atoms with van der Waals surface area (Å²) in [7, 11) is 0. The summed E-state index contributed by atoms with van der Waals surface area (Å²) in [5.41, 5.74) is 9.08. The minimum Gasteiger partial charge on any atom is -0.369 e. The maximum atomic E-state index is 11.2. The van der Waals surface area contributed by atoms with Gasteiger partial charge < -0.3 is 10.1 Å². The second-order valence-corrected chi connectivity index (χ2v) is 4.84. The molecule has 3 aromatic rings. The Bertz CT molecular complexity index is 726. The fourth-order valence-corrected chi connectivity index (χ4v) is 2.18. The van der Waals surface area contributed by atoms with Gasteiger partial charge in [0.05, 0.1) is 11.6 Å². The van der Waals surface area contributed by atoms with Gasteiger partial charge >= 0.3 is 0 Å². The zero-order chi connectivity index (χ0) is 14.1. The minimum absolute atomic E-state index is 0.273. The number of rotatable bonds is 3. The van der Waals surface area contributed by atoms with Gasteiger partial charge in [-0.2, -0.15) is 0 Å². The quantitative estimate of drug-likeness (QED) is 0.791. The average Bonchev–Trinajstić information content (AvgIpc) is 2.90. The van der Waals surface area contributed by atoms with Gasteiger partial charge in [-0.3, -0.25) is 4.79 Å². The summed E-state index contributed by atoms with van der Waals surface area (Å²) in [6, 6.07) is 13.7. The molecule has 2 aromatic heterocycles. The highest BCUT2D eigenvalue weighted by Gasteiger charge is 2.11. The number of carbonyl (C=O) groups is 1. The van der Waals surface area contributed by atoms with Gasteiger partial charge in [0.25, 0.3) is 0 Å². The Kier molecular flexibility index (Phi) is 2.99. The number of amides is 1. The number of primary amides is 1. The molecule has 2 heterocycles. The van der Waals surface area contributed by atoms with Crippen molar-refractivity contribution in [3.8, 4) is 11.3 Å². The van der Waals surface area contributed by atoms with Gasteiger partial charge in [-0.25, -0.2) is 4.98 Å². The summed E-state index contributed by atoms with van der Waals surface area (Å²) in [6.07, 6.45) is 3.96. The van der Waals surface area contributed by atoms with Gasteiger partial charge in [-0.1, -0.05) is 30.3 Å². The van der Waals surface area contributed by atoms with Crippen LogP contribution in [-0.2, 0) is 4.79 Å². The smallest absolute Gasteiger partial charge is 0.224 e. The number of fused-ring (bicyclic) bond motifs is 1. The summed E-state index contributed by atoms with van der Waals surface area (Å²) < 4.78 is 1.98. The van der Waals surface area contributed by atoms with Crippen LogP contribution in [-0.4, -0.2) is 15.3 Å². The molecule has 0 fully saturated rings. The molecule has 0 spiro atoms. The summed E-state index contributed by atoms with van der Waals surface area (Å²) in [4.78, 5) is 15.7. The van der Waals surface area contributed by atoms with Crippen molar-refractivity contribution in [2.24, 2.45) is 5.73 Å². The van der Waals surface area contributed by atoms with Crippen LogP contribution in [0.5, 0.6) is 0 Å². The fourth-order valence-electron chi connectivity index (χ4n) is 2.18. The van der Waals surface area contributed by atoms with E-state index in [4.69, 9.17) is 5.73 Å². The Morgan fingerprint density at radius 2 is 1.95 bits per heavy atom. The molecular weight excluding hydrogens is 250 g/mol. The highest BCUT2D eigenvalue weighted by molar-refractivity contribution is 5.81. The van der Waals surface area contributed by atoms with Crippen LogP contribution >= 0.6 is 0 Å². The molecule has 0 bridgehead atoms.